The van der Waals surface area contributed by atoms with Crippen molar-refractivity contribution in [2.45, 2.75) is 45.1 Å². The summed E-state index contributed by atoms with van der Waals surface area (Å²) in [6, 6.07) is 5.84. The van der Waals surface area contributed by atoms with Crippen molar-refractivity contribution in [3.05, 3.63) is 34.3 Å². The van der Waals surface area contributed by atoms with Crippen molar-refractivity contribution in [2.24, 2.45) is 0 Å². The van der Waals surface area contributed by atoms with Gasteiger partial charge < -0.3 is 4.74 Å². The van der Waals surface area contributed by atoms with E-state index in [2.05, 4.69) is 0 Å². The van der Waals surface area contributed by atoms with E-state index in [1.165, 1.54) is 6.42 Å². The maximum absolute atomic E-state index is 12.0. The van der Waals surface area contributed by atoms with Crippen LogP contribution in [-0.4, -0.2) is 18.5 Å². The van der Waals surface area contributed by atoms with E-state index in [9.17, 15) is 4.79 Å². The molecule has 1 aromatic carbocycles. The number of hydrogen-bond donors (Lipinski definition) is 0. The Hall–Kier alpha value is -0.860. The number of halogens is 1. The van der Waals surface area contributed by atoms with Crippen molar-refractivity contribution in [3.8, 4) is 0 Å². The molecule has 2 nitrogen and oxygen atoms in total. The minimum absolute atomic E-state index is 0.121. The number of ether oxygens (including phenoxy) is 1. The number of aryl methyl sites for hydroxylation is 1. The molecule has 1 aliphatic rings. The highest BCUT2D eigenvalue weighted by Gasteiger charge is 2.18. The van der Waals surface area contributed by atoms with Crippen molar-refractivity contribution in [1.29, 1.82) is 0 Å². The first-order valence-corrected chi connectivity index (χ1v) is 6.91. The van der Waals surface area contributed by atoms with Crippen LogP contribution in [0, 0.1) is 6.92 Å². The molecule has 2 rings (SSSR count). The molecule has 0 aromatic heterocycles. The number of hydrogen-bond acceptors (Lipinski definition) is 2. The van der Waals surface area contributed by atoms with E-state index in [0.29, 0.717) is 17.9 Å². The van der Waals surface area contributed by atoms with Crippen LogP contribution >= 0.6 is 11.6 Å². The zero-order chi connectivity index (χ0) is 13.0. The molecule has 1 aliphatic heterocycles. The van der Waals surface area contributed by atoms with Gasteiger partial charge in [-0.2, -0.15) is 0 Å². The quantitative estimate of drug-likeness (QED) is 0.830. The summed E-state index contributed by atoms with van der Waals surface area (Å²) in [6.45, 7) is 2.79. The van der Waals surface area contributed by atoms with E-state index in [4.69, 9.17) is 16.3 Å². The van der Waals surface area contributed by atoms with E-state index in [1.807, 2.05) is 25.1 Å². The molecule has 1 atom stereocenters. The molecule has 0 bridgehead atoms. The fraction of sp³-hybridized carbons (Fsp3) is 0.533. The summed E-state index contributed by atoms with van der Waals surface area (Å²) >= 11 is 6.13. The smallest absolute Gasteiger partial charge is 0.139 e. The third-order valence-electron chi connectivity index (χ3n) is 3.33. The van der Waals surface area contributed by atoms with E-state index in [-0.39, 0.29) is 11.9 Å². The summed E-state index contributed by atoms with van der Waals surface area (Å²) in [6.07, 6.45) is 4.35. The summed E-state index contributed by atoms with van der Waals surface area (Å²) in [7, 11) is 0. The van der Waals surface area contributed by atoms with Gasteiger partial charge in [-0.15, -0.1) is 0 Å². The Balaban J connectivity index is 1.90. The van der Waals surface area contributed by atoms with Crippen LogP contribution in [0.25, 0.3) is 0 Å². The molecule has 0 amide bonds. The molecule has 98 valence electrons. The SMILES string of the molecule is Cc1ccc(CC(=O)CC2CCCCO2)c(Cl)c1. The second-order valence-corrected chi connectivity index (χ2v) is 5.41. The van der Waals surface area contributed by atoms with Crippen LogP contribution in [0.15, 0.2) is 18.2 Å². The molecule has 0 N–H and O–H groups in total. The number of Topliss-reactive ketones (excluding diaryl/α,β-unsaturated/α-hetero) is 1. The minimum Gasteiger partial charge on any atom is -0.378 e. The van der Waals surface area contributed by atoms with Crippen LogP contribution < -0.4 is 0 Å². The third kappa shape index (κ3) is 3.82. The highest BCUT2D eigenvalue weighted by Crippen LogP contribution is 2.21. The molecule has 18 heavy (non-hydrogen) atoms. The molecule has 1 saturated heterocycles. The summed E-state index contributed by atoms with van der Waals surface area (Å²) in [4.78, 5) is 12.0. The van der Waals surface area contributed by atoms with Gasteiger partial charge in [-0.1, -0.05) is 23.7 Å². The van der Waals surface area contributed by atoms with Gasteiger partial charge in [0, 0.05) is 24.5 Å². The Morgan fingerprint density at radius 2 is 2.28 bits per heavy atom. The van der Waals surface area contributed by atoms with Crippen LogP contribution in [0.5, 0.6) is 0 Å². The second-order valence-electron chi connectivity index (χ2n) is 5.00. The summed E-state index contributed by atoms with van der Waals surface area (Å²) in [5.74, 6) is 0.215. The van der Waals surface area contributed by atoms with Gasteiger partial charge in [0.15, 0.2) is 0 Å². The number of carbonyl (C=O) groups is 1. The van der Waals surface area contributed by atoms with Gasteiger partial charge in [0.2, 0.25) is 0 Å². The van der Waals surface area contributed by atoms with Crippen LogP contribution in [0.3, 0.4) is 0 Å². The van der Waals surface area contributed by atoms with Crippen LogP contribution in [-0.2, 0) is 16.0 Å². The normalized spacial score (nSPS) is 19.8. The average molecular weight is 267 g/mol. The standard InChI is InChI=1S/C15H19ClO2/c1-11-5-6-12(15(16)8-11)9-13(17)10-14-4-2-3-7-18-14/h5-6,8,14H,2-4,7,9-10H2,1H3. The third-order valence-corrected chi connectivity index (χ3v) is 3.68. The molecule has 0 saturated carbocycles. The molecular formula is C15H19ClO2. The second kappa shape index (κ2) is 6.35. The predicted octanol–water partition coefficient (Wildman–Crippen LogP) is 3.72. The van der Waals surface area contributed by atoms with Gasteiger partial charge in [-0.3, -0.25) is 4.79 Å². The monoisotopic (exact) mass is 266 g/mol. The van der Waals surface area contributed by atoms with Gasteiger partial charge in [0.25, 0.3) is 0 Å². The first-order chi connectivity index (χ1) is 8.65. The van der Waals surface area contributed by atoms with Crippen LogP contribution in [0.4, 0.5) is 0 Å². The lowest BCUT2D eigenvalue weighted by Crippen LogP contribution is -2.23. The minimum atomic E-state index is 0.121. The predicted molar refractivity (Wildman–Crippen MR) is 73.1 cm³/mol. The van der Waals surface area contributed by atoms with Crippen molar-refractivity contribution in [1.82, 2.24) is 0 Å². The first-order valence-electron chi connectivity index (χ1n) is 6.53. The largest absolute Gasteiger partial charge is 0.378 e. The van der Waals surface area contributed by atoms with Crippen molar-refractivity contribution >= 4 is 17.4 Å². The van der Waals surface area contributed by atoms with Crippen molar-refractivity contribution < 1.29 is 9.53 Å². The van der Waals surface area contributed by atoms with E-state index in [1.54, 1.807) is 0 Å². The van der Waals surface area contributed by atoms with Gasteiger partial charge in [0.05, 0.1) is 6.10 Å². The Morgan fingerprint density at radius 3 is 2.94 bits per heavy atom. The van der Waals surface area contributed by atoms with Crippen LogP contribution in [0.1, 0.15) is 36.8 Å². The zero-order valence-corrected chi connectivity index (χ0v) is 11.5. The Bertz CT molecular complexity index is 423. The van der Waals surface area contributed by atoms with E-state index >= 15 is 0 Å². The zero-order valence-electron chi connectivity index (χ0n) is 10.7. The van der Waals surface area contributed by atoms with Gasteiger partial charge in [-0.25, -0.2) is 0 Å². The number of benzene rings is 1. The maximum Gasteiger partial charge on any atom is 0.139 e. The van der Waals surface area contributed by atoms with Gasteiger partial charge in [-0.05, 0) is 43.4 Å². The van der Waals surface area contributed by atoms with Gasteiger partial charge >= 0.3 is 0 Å². The Kier molecular flexibility index (Phi) is 4.79. The molecule has 1 heterocycles. The summed E-state index contributed by atoms with van der Waals surface area (Å²) in [5, 5.41) is 0.688. The van der Waals surface area contributed by atoms with E-state index in [0.717, 1.165) is 30.6 Å². The molecule has 3 heteroatoms. The number of rotatable bonds is 4. The molecule has 1 fully saturated rings. The number of ketones is 1. The molecule has 0 spiro atoms. The molecule has 0 aliphatic carbocycles. The molecular weight excluding hydrogens is 248 g/mol. The maximum atomic E-state index is 12.0. The lowest BCUT2D eigenvalue weighted by atomic mass is 9.99. The Morgan fingerprint density at radius 1 is 1.44 bits per heavy atom. The molecule has 0 radical (unpaired) electrons. The lowest BCUT2D eigenvalue weighted by molar-refractivity contribution is -0.122. The highest BCUT2D eigenvalue weighted by atomic mass is 35.5. The first kappa shape index (κ1) is 13.6. The molecule has 1 aromatic rings. The van der Waals surface area contributed by atoms with E-state index < -0.39 is 0 Å². The highest BCUT2D eigenvalue weighted by molar-refractivity contribution is 6.31. The van der Waals surface area contributed by atoms with Gasteiger partial charge in [0.1, 0.15) is 5.78 Å². The van der Waals surface area contributed by atoms with Crippen molar-refractivity contribution in [3.63, 3.8) is 0 Å². The molecule has 1 unspecified atom stereocenters. The fourth-order valence-corrected chi connectivity index (χ4v) is 2.60. The summed E-state index contributed by atoms with van der Waals surface area (Å²) in [5.41, 5.74) is 2.04. The lowest BCUT2D eigenvalue weighted by Gasteiger charge is -2.21. The summed E-state index contributed by atoms with van der Waals surface area (Å²) < 4.78 is 5.58. The Labute approximate surface area is 113 Å². The topological polar surface area (TPSA) is 26.3 Å². The number of carbonyl (C=O) groups excluding carboxylic acids is 1. The van der Waals surface area contributed by atoms with Crippen molar-refractivity contribution in [2.75, 3.05) is 6.61 Å². The fourth-order valence-electron chi connectivity index (χ4n) is 2.30. The van der Waals surface area contributed by atoms with Crippen LogP contribution in [0.2, 0.25) is 5.02 Å². The average Bonchev–Trinajstić information content (AvgIpc) is 2.34.